The van der Waals surface area contributed by atoms with E-state index in [1.807, 2.05) is 54.8 Å². The molecule has 41 nitrogen and oxygen atoms in total. The third-order valence-electron chi connectivity index (χ3n) is 22.3. The van der Waals surface area contributed by atoms with Gasteiger partial charge in [0.2, 0.25) is 76.8 Å². The molecular weight excluding hydrogens is 1650 g/mol. The Labute approximate surface area is 734 Å². The van der Waals surface area contributed by atoms with Crippen molar-refractivity contribution in [2.24, 2.45) is 28.9 Å². The van der Waals surface area contributed by atoms with E-state index in [9.17, 15) is 82.1 Å². The summed E-state index contributed by atoms with van der Waals surface area (Å²) in [6.07, 6.45) is 4.84. The molecule has 0 unspecified atom stereocenters. The van der Waals surface area contributed by atoms with Gasteiger partial charge in [-0.3, -0.25) is 73.1 Å². The van der Waals surface area contributed by atoms with Crippen LogP contribution in [0.25, 0.3) is 11.1 Å². The molecule has 4 aromatic rings. The van der Waals surface area contributed by atoms with Crippen LogP contribution in [-0.2, 0) is 84.7 Å². The van der Waals surface area contributed by atoms with Gasteiger partial charge in [-0.1, -0.05) is 92.7 Å². The van der Waals surface area contributed by atoms with Crippen molar-refractivity contribution in [3.8, 4) is 11.1 Å². The lowest BCUT2D eigenvalue weighted by atomic mass is 9.98. The summed E-state index contributed by atoms with van der Waals surface area (Å²) in [5.74, 6) is -12.9. The van der Waals surface area contributed by atoms with Gasteiger partial charge in [0.15, 0.2) is 11.9 Å². The molecule has 12 atom stereocenters. The fraction of sp³-hybridized carbons (Fsp3) is 0.548. The van der Waals surface area contributed by atoms with Gasteiger partial charge in [0.25, 0.3) is 0 Å². The smallest absolute Gasteiger partial charge is 0.407 e. The van der Waals surface area contributed by atoms with Gasteiger partial charge in [-0.2, -0.15) is 11.8 Å². The number of nitrogens with two attached hydrogens (primary N) is 4. The van der Waals surface area contributed by atoms with E-state index in [1.165, 1.54) is 39.0 Å². The summed E-state index contributed by atoms with van der Waals surface area (Å²) in [6.45, 7) is 2.18. The Hall–Kier alpha value is -12.5. The summed E-state index contributed by atoms with van der Waals surface area (Å²) in [5.41, 5.74) is 27.2. The Morgan fingerprint density at radius 3 is 1.54 bits per heavy atom. The minimum atomic E-state index is -1.82. The van der Waals surface area contributed by atoms with Crippen molar-refractivity contribution in [2.75, 3.05) is 71.0 Å². The molecule has 3 saturated heterocycles. The number of carbonyl (C=O) groups excluding carboxylic acids is 14. The molecule has 1 aromatic heterocycles. The number of fused-ring (bicyclic) bond motifs is 3. The second kappa shape index (κ2) is 49.9. The predicted octanol–water partition coefficient (Wildman–Crippen LogP) is -2.13. The van der Waals surface area contributed by atoms with Gasteiger partial charge in [0, 0.05) is 64.1 Å². The molecule has 4 heterocycles. The van der Waals surface area contributed by atoms with Crippen LogP contribution < -0.4 is 86.7 Å². The molecule has 0 saturated carbocycles. The summed E-state index contributed by atoms with van der Waals surface area (Å²) in [5, 5.41) is 67.9. The number of alkyl carbamates (subject to hydrolysis) is 1. The number of aromatic amines is 1. The van der Waals surface area contributed by atoms with Crippen molar-refractivity contribution >= 4 is 113 Å². The minimum Gasteiger partial charge on any atom is -0.480 e. The van der Waals surface area contributed by atoms with Crippen LogP contribution in [0, 0.1) is 16.7 Å². The van der Waals surface area contributed by atoms with Gasteiger partial charge in [-0.15, -0.1) is 0 Å². The molecule has 0 radical (unpaired) electrons. The summed E-state index contributed by atoms with van der Waals surface area (Å²) >= 11 is 1.42. The lowest BCUT2D eigenvalue weighted by Gasteiger charge is -2.31. The number of aliphatic carboxylic acids is 1. The summed E-state index contributed by atoms with van der Waals surface area (Å²) in [7, 11) is 0. The molecule has 25 N–H and O–H groups in total. The summed E-state index contributed by atoms with van der Waals surface area (Å²) < 4.78 is 5.73. The van der Waals surface area contributed by atoms with E-state index in [4.69, 9.17) is 38.5 Å². The van der Waals surface area contributed by atoms with Gasteiger partial charge in [0.1, 0.15) is 79.1 Å². The van der Waals surface area contributed by atoms with E-state index in [2.05, 4.69) is 73.8 Å². The summed E-state index contributed by atoms with van der Waals surface area (Å²) in [6, 6.07) is 7.72. The number of thioether (sulfide) groups is 1. The number of aliphatic hydroxyl groups is 1. The molecule has 8 rings (SSSR count). The molecule has 0 bridgehead atoms. The van der Waals surface area contributed by atoms with Gasteiger partial charge in [0.05, 0.1) is 25.2 Å². The molecule has 4 aliphatic rings. The number of H-pyrrole nitrogens is 1. The number of imidazole rings is 1. The molecule has 0 spiro atoms. The number of amides is 14. The number of aliphatic hydroxyl groups excluding tert-OH is 1. The predicted molar refractivity (Wildman–Crippen MR) is 464 cm³/mol. The molecule has 1 aliphatic carbocycles. The van der Waals surface area contributed by atoms with Crippen LogP contribution in [-0.4, -0.2) is 279 Å². The number of carboxylic acids is 1. The number of unbranched alkanes of at least 4 members (excludes halogenated alkanes) is 1. The number of benzene rings is 3. The first kappa shape index (κ1) is 99.0. The van der Waals surface area contributed by atoms with Gasteiger partial charge in [-0.25, -0.2) is 14.6 Å². The van der Waals surface area contributed by atoms with E-state index in [-0.39, 0.29) is 172 Å². The van der Waals surface area contributed by atoms with Gasteiger partial charge >= 0.3 is 12.1 Å². The second-order valence-corrected chi connectivity index (χ2v) is 33.0. The Bertz CT molecular complexity index is 4410. The first-order valence-electron chi connectivity index (χ1n) is 42.6. The number of hydrogen-bond donors (Lipinski definition) is 21. The molecule has 686 valence electrons. The highest BCUT2D eigenvalue weighted by atomic mass is 32.2. The number of nitrogens with one attached hydrogen (secondary N) is 15. The number of hydrogen-bond acceptors (Lipinski definition) is 22. The third-order valence-corrected chi connectivity index (χ3v) is 22.9. The molecular formula is C84H121N23O18S. The number of nitrogens with zero attached hydrogens (tertiary/aromatic N) is 4. The largest absolute Gasteiger partial charge is 0.480 e. The number of guanidine groups is 2. The fourth-order valence-electron chi connectivity index (χ4n) is 15.8. The first-order chi connectivity index (χ1) is 60.4. The van der Waals surface area contributed by atoms with E-state index in [0.717, 1.165) is 22.3 Å². The lowest BCUT2D eigenvalue weighted by molar-refractivity contribution is -0.145. The highest BCUT2D eigenvalue weighted by Gasteiger charge is 2.44. The van der Waals surface area contributed by atoms with Crippen LogP contribution >= 0.6 is 11.8 Å². The highest BCUT2D eigenvalue weighted by Crippen LogP contribution is 2.44. The molecule has 14 amide bonds. The number of likely N-dealkylation sites (tertiary alicyclic amines) is 3. The van der Waals surface area contributed by atoms with Crippen LogP contribution in [0.1, 0.15) is 151 Å². The maximum absolute atomic E-state index is 14.9. The molecule has 3 fully saturated rings. The lowest BCUT2D eigenvalue weighted by Crippen LogP contribution is -2.61. The van der Waals surface area contributed by atoms with E-state index in [0.29, 0.717) is 30.6 Å². The SMILES string of the molecule is CSCC[C@H](NC(=O)[C@@H]1CCCN1C(=O)CNC(=O)[C@H](CCCCN)NC(=O)[C@H](Cc1c[nH]cn1)NC(=O)[C@H](CO)NC(=O)[C@H](CC(C)C)NC(=O)[C@H](CCCNC(=N)N)NC(=O)[C@@H]1CCCN1C(=O)[C@H](CCCNC(=N)N)NC(=O)[C@H](CCC(N)=O)NC(=O)OCC1c2ccccc2-c2ccccc21)C(=O)N1CCC[C@H]1C(=O)N[C@@H](Cc1ccccc1)C(=O)O. The van der Waals surface area contributed by atoms with E-state index < -0.39 is 180 Å². The second-order valence-electron chi connectivity index (χ2n) is 32.0. The average molecular weight is 1770 g/mol. The van der Waals surface area contributed by atoms with E-state index >= 15 is 0 Å². The quantitative estimate of drug-likeness (QED) is 0.0128. The normalized spacial score (nSPS) is 17.3. The number of carboxylic acid groups (broad SMARTS) is 1. The molecule has 3 aliphatic heterocycles. The standard InChI is InChI=1S/C84H121N23O18S/c1-48(2)40-61(100-71(112)57(25-13-34-92-82(87)88)97-77(118)66-28-16-37-106(66)79(120)59(26-14-35-93-83(89)90)98-72(113)58(30-31-68(86)109)104-84(124)125-46-55-53-22-9-7-20-51(53)52-21-8-10-23-54(52)55)73(114)103-64(45-108)75(116)101-62(42-50-43-91-47-95-50)74(115)96-56(24-11-12-33-85)70(111)94-44-69(110)105-36-15-27-65(105)76(117)99-60(32-39-126-3)80(121)107-38-17-29-67(107)78(119)102-63(81(122)123)41-49-18-5-4-6-19-49/h4-10,18-23,43,47-48,55-67,108H,11-17,24-42,44-46,85H2,1-3H3,(H2,86,109)(H,91,95)(H,94,111)(H,96,115)(H,97,118)(H,98,113)(H,99,117)(H,100,112)(H,101,116)(H,102,119)(H,103,114)(H,104,124)(H,122,123)(H4,87,88,92)(H4,89,90,93)/t56-,57-,58-,59-,60-,61-,62-,63-,64-,65-,66-,67-/m0/s1. The topological polar surface area (TPSA) is 640 Å². The molecule has 3 aromatic carbocycles. The van der Waals surface area contributed by atoms with Gasteiger partial charge < -0.3 is 121 Å². The van der Waals surface area contributed by atoms with Crippen LogP contribution in [0.3, 0.4) is 0 Å². The van der Waals surface area contributed by atoms with Crippen molar-refractivity contribution in [3.05, 3.63) is 114 Å². The van der Waals surface area contributed by atoms with Crippen LogP contribution in [0.4, 0.5) is 4.79 Å². The Balaban J connectivity index is 0.904. The maximum atomic E-state index is 14.9. The number of ether oxygens (including phenoxy) is 1. The fourth-order valence-corrected chi connectivity index (χ4v) is 16.3. The Kier molecular flexibility index (Phi) is 39.2. The van der Waals surface area contributed by atoms with Crippen molar-refractivity contribution in [1.29, 1.82) is 10.8 Å². The first-order valence-corrected chi connectivity index (χ1v) is 44.0. The van der Waals surface area contributed by atoms with Crippen molar-refractivity contribution < 1.29 is 86.9 Å². The van der Waals surface area contributed by atoms with E-state index in [1.54, 1.807) is 44.2 Å². The molecule has 42 heteroatoms. The maximum Gasteiger partial charge on any atom is 0.407 e. The summed E-state index contributed by atoms with van der Waals surface area (Å²) in [4.78, 5) is 222. The average Bonchev–Trinajstić information content (AvgIpc) is 1.61. The monoisotopic (exact) mass is 1770 g/mol. The van der Waals surface area contributed by atoms with Crippen LogP contribution in [0.2, 0.25) is 0 Å². The zero-order valence-corrected chi connectivity index (χ0v) is 72.0. The minimum absolute atomic E-state index is 0.00121. The third kappa shape index (κ3) is 29.6. The number of aromatic nitrogens is 2. The highest BCUT2D eigenvalue weighted by molar-refractivity contribution is 7.98. The number of rotatable bonds is 50. The zero-order valence-electron chi connectivity index (χ0n) is 71.2. The number of carbonyl (C=O) groups is 15. The van der Waals surface area contributed by atoms with Crippen LogP contribution in [0.5, 0.6) is 0 Å². The van der Waals surface area contributed by atoms with Crippen molar-refractivity contribution in [1.82, 2.24) is 88.5 Å². The molecule has 126 heavy (non-hydrogen) atoms. The van der Waals surface area contributed by atoms with Crippen LogP contribution in [0.15, 0.2) is 91.4 Å². The number of primary amides is 1. The Morgan fingerprint density at radius 2 is 1.00 bits per heavy atom. The van der Waals surface area contributed by atoms with Crippen molar-refractivity contribution in [2.45, 2.75) is 214 Å². The van der Waals surface area contributed by atoms with Gasteiger partial charge in [-0.05, 0) is 155 Å². The Morgan fingerprint density at radius 1 is 0.532 bits per heavy atom. The zero-order chi connectivity index (χ0) is 91.5. The van der Waals surface area contributed by atoms with Crippen molar-refractivity contribution in [3.63, 3.8) is 0 Å².